The van der Waals surface area contributed by atoms with E-state index < -0.39 is 21.5 Å². The lowest BCUT2D eigenvalue weighted by Crippen LogP contribution is -2.05. The summed E-state index contributed by atoms with van der Waals surface area (Å²) in [6.07, 6.45) is 2.46. The van der Waals surface area contributed by atoms with Crippen LogP contribution in [0.25, 0.3) is 10.9 Å². The highest BCUT2D eigenvalue weighted by atomic mass is 32.2. The lowest BCUT2D eigenvalue weighted by molar-refractivity contribution is 0.591. The molecule has 0 aliphatic rings. The third kappa shape index (κ3) is 3.92. The Hall–Kier alpha value is -3.60. The molecule has 8 nitrogen and oxygen atoms in total. The maximum atomic E-state index is 14.2. The van der Waals surface area contributed by atoms with Crippen molar-refractivity contribution in [3.63, 3.8) is 0 Å². The number of sulfone groups is 1. The van der Waals surface area contributed by atoms with E-state index in [1.807, 2.05) is 0 Å². The highest BCUT2D eigenvalue weighted by Gasteiger charge is 2.16. The maximum absolute atomic E-state index is 14.2. The first kappa shape index (κ1) is 19.7. The van der Waals surface area contributed by atoms with E-state index in [9.17, 15) is 17.2 Å². The molecular formula is C19H16F2N6O2S. The zero-order valence-electron chi connectivity index (χ0n) is 15.9. The molecule has 3 N–H and O–H groups in total. The summed E-state index contributed by atoms with van der Waals surface area (Å²) < 4.78 is 51.5. The number of H-pyrrole nitrogens is 1. The molecule has 0 aliphatic carbocycles. The summed E-state index contributed by atoms with van der Waals surface area (Å²) >= 11 is 0. The van der Waals surface area contributed by atoms with E-state index >= 15 is 0 Å². The van der Waals surface area contributed by atoms with Crippen molar-refractivity contribution in [1.82, 2.24) is 20.2 Å². The van der Waals surface area contributed by atoms with Crippen LogP contribution in [-0.2, 0) is 9.84 Å². The van der Waals surface area contributed by atoms with Gasteiger partial charge in [0.05, 0.1) is 10.4 Å². The fourth-order valence-corrected chi connectivity index (χ4v) is 3.93. The quantitative estimate of drug-likeness (QED) is 0.441. The molecule has 0 bridgehead atoms. The van der Waals surface area contributed by atoms with Crippen LogP contribution in [0.1, 0.15) is 5.56 Å². The Bertz CT molecular complexity index is 1370. The van der Waals surface area contributed by atoms with E-state index in [0.29, 0.717) is 22.5 Å². The number of rotatable bonds is 5. The van der Waals surface area contributed by atoms with Crippen LogP contribution in [0, 0.1) is 18.6 Å². The molecule has 2 aromatic carbocycles. The number of fused-ring (bicyclic) bond motifs is 1. The summed E-state index contributed by atoms with van der Waals surface area (Å²) in [5.74, 6) is -0.246. The second-order valence-corrected chi connectivity index (χ2v) is 8.62. The molecule has 11 heteroatoms. The third-order valence-electron chi connectivity index (χ3n) is 4.38. The van der Waals surface area contributed by atoms with Crippen molar-refractivity contribution in [2.45, 2.75) is 11.8 Å². The molecule has 2 heterocycles. The van der Waals surface area contributed by atoms with Gasteiger partial charge in [0.2, 0.25) is 5.95 Å². The molecule has 0 aliphatic heterocycles. The summed E-state index contributed by atoms with van der Waals surface area (Å²) in [6.45, 7) is 1.40. The predicted octanol–water partition coefficient (Wildman–Crippen LogP) is 3.83. The van der Waals surface area contributed by atoms with Gasteiger partial charge in [0.25, 0.3) is 0 Å². The number of hydrogen-bond donors (Lipinski definition) is 3. The van der Waals surface area contributed by atoms with Crippen molar-refractivity contribution in [3.8, 4) is 0 Å². The van der Waals surface area contributed by atoms with Gasteiger partial charge in [0, 0.05) is 29.1 Å². The molecule has 4 rings (SSSR count). The van der Waals surface area contributed by atoms with Crippen LogP contribution in [-0.4, -0.2) is 34.8 Å². The molecule has 0 saturated carbocycles. The number of halogens is 2. The molecular weight excluding hydrogens is 414 g/mol. The van der Waals surface area contributed by atoms with E-state index in [1.54, 1.807) is 12.1 Å². The van der Waals surface area contributed by atoms with Crippen molar-refractivity contribution in [2.24, 2.45) is 0 Å². The summed E-state index contributed by atoms with van der Waals surface area (Å²) in [4.78, 5) is 8.20. The minimum absolute atomic E-state index is 0.0389. The van der Waals surface area contributed by atoms with E-state index in [-0.39, 0.29) is 22.1 Å². The van der Waals surface area contributed by atoms with Gasteiger partial charge in [0.1, 0.15) is 17.5 Å². The lowest BCUT2D eigenvalue weighted by atomic mass is 10.2. The Morgan fingerprint density at radius 2 is 1.87 bits per heavy atom. The van der Waals surface area contributed by atoms with Gasteiger partial charge in [-0.05, 0) is 43.3 Å². The minimum atomic E-state index is -3.61. The van der Waals surface area contributed by atoms with Crippen LogP contribution in [0.15, 0.2) is 47.5 Å². The van der Waals surface area contributed by atoms with Crippen molar-refractivity contribution < 1.29 is 17.2 Å². The van der Waals surface area contributed by atoms with Gasteiger partial charge >= 0.3 is 0 Å². The van der Waals surface area contributed by atoms with Crippen LogP contribution in [0.2, 0.25) is 0 Å². The fraction of sp³-hybridized carbons (Fsp3) is 0.105. The normalized spacial score (nSPS) is 11.6. The molecule has 0 atom stereocenters. The minimum Gasteiger partial charge on any atom is -0.324 e. The average molecular weight is 430 g/mol. The Morgan fingerprint density at radius 1 is 1.07 bits per heavy atom. The van der Waals surface area contributed by atoms with Crippen molar-refractivity contribution >= 4 is 44.0 Å². The standard InChI is InChI=1S/C19H16F2N6O2S/c1-10-14(21)8-12(9-16(10)30(2,28)29)23-19-22-6-5-17(25-19)24-18-13-7-11(20)3-4-15(13)26-27-18/h3-9H,1-2H3,(H3,22,23,24,25,26,27). The monoisotopic (exact) mass is 430 g/mol. The first-order valence-electron chi connectivity index (χ1n) is 8.71. The largest absolute Gasteiger partial charge is 0.324 e. The third-order valence-corrected chi connectivity index (χ3v) is 5.60. The van der Waals surface area contributed by atoms with Gasteiger partial charge in [0.15, 0.2) is 15.7 Å². The molecule has 4 aromatic rings. The second kappa shape index (κ2) is 7.34. The summed E-state index contributed by atoms with van der Waals surface area (Å²) in [7, 11) is -3.61. The predicted molar refractivity (Wildman–Crippen MR) is 109 cm³/mol. The molecule has 0 fully saturated rings. The summed E-state index contributed by atoms with van der Waals surface area (Å²) in [5, 5.41) is 13.2. The van der Waals surface area contributed by atoms with Crippen LogP contribution < -0.4 is 10.6 Å². The van der Waals surface area contributed by atoms with Gasteiger partial charge in [-0.1, -0.05) is 0 Å². The summed E-state index contributed by atoms with van der Waals surface area (Å²) in [6, 6.07) is 8.29. The first-order valence-corrected chi connectivity index (χ1v) is 10.6. The van der Waals surface area contributed by atoms with Gasteiger partial charge in [-0.15, -0.1) is 0 Å². The van der Waals surface area contributed by atoms with Crippen LogP contribution in [0.3, 0.4) is 0 Å². The molecule has 0 unspecified atom stereocenters. The lowest BCUT2D eigenvalue weighted by Gasteiger charge is -2.11. The molecule has 154 valence electrons. The van der Waals surface area contributed by atoms with E-state index in [4.69, 9.17) is 0 Å². The fourth-order valence-electron chi connectivity index (χ4n) is 2.93. The van der Waals surface area contributed by atoms with E-state index in [2.05, 4.69) is 30.8 Å². The molecule has 0 amide bonds. The number of benzene rings is 2. The average Bonchev–Trinajstić information content (AvgIpc) is 3.06. The Kier molecular flexibility index (Phi) is 4.82. The van der Waals surface area contributed by atoms with Gasteiger partial charge < -0.3 is 10.6 Å². The van der Waals surface area contributed by atoms with E-state index in [0.717, 1.165) is 12.3 Å². The van der Waals surface area contributed by atoms with Crippen molar-refractivity contribution in [2.75, 3.05) is 16.9 Å². The molecule has 0 spiro atoms. The SMILES string of the molecule is Cc1c(F)cc(Nc2nccc(Nc3n[nH]c4ccc(F)cc34)n2)cc1S(C)(=O)=O. The zero-order valence-corrected chi connectivity index (χ0v) is 16.7. The highest BCUT2D eigenvalue weighted by Crippen LogP contribution is 2.26. The summed E-state index contributed by atoms with van der Waals surface area (Å²) in [5.41, 5.74) is 0.870. The zero-order chi connectivity index (χ0) is 21.5. The van der Waals surface area contributed by atoms with Gasteiger partial charge in [-0.3, -0.25) is 5.10 Å². The van der Waals surface area contributed by atoms with Crippen molar-refractivity contribution in [3.05, 3.63) is 59.8 Å². The number of anilines is 4. The molecule has 0 saturated heterocycles. The van der Waals surface area contributed by atoms with Gasteiger partial charge in [-0.2, -0.15) is 10.1 Å². The highest BCUT2D eigenvalue weighted by molar-refractivity contribution is 7.90. The Morgan fingerprint density at radius 3 is 2.63 bits per heavy atom. The van der Waals surface area contributed by atoms with Crippen LogP contribution >= 0.6 is 0 Å². The van der Waals surface area contributed by atoms with Crippen molar-refractivity contribution in [1.29, 1.82) is 0 Å². The maximum Gasteiger partial charge on any atom is 0.229 e. The van der Waals surface area contributed by atoms with Gasteiger partial charge in [-0.25, -0.2) is 22.2 Å². The smallest absolute Gasteiger partial charge is 0.229 e. The molecule has 30 heavy (non-hydrogen) atoms. The first-order chi connectivity index (χ1) is 14.2. The van der Waals surface area contributed by atoms with Crippen LogP contribution in [0.4, 0.5) is 32.1 Å². The Balaban J connectivity index is 1.63. The van der Waals surface area contributed by atoms with Crippen LogP contribution in [0.5, 0.6) is 0 Å². The van der Waals surface area contributed by atoms with E-state index in [1.165, 1.54) is 31.3 Å². The number of nitrogens with one attached hydrogen (secondary N) is 3. The number of aromatic nitrogens is 4. The number of aromatic amines is 1. The number of hydrogen-bond acceptors (Lipinski definition) is 7. The second-order valence-electron chi connectivity index (χ2n) is 6.63. The Labute approximate surface area is 170 Å². The molecule has 2 aromatic heterocycles. The topological polar surface area (TPSA) is 113 Å². The number of nitrogens with zero attached hydrogens (tertiary/aromatic N) is 3. The molecule has 0 radical (unpaired) electrons.